The van der Waals surface area contributed by atoms with E-state index in [0.717, 1.165) is 31.1 Å². The highest BCUT2D eigenvalue weighted by atomic mass is 79.9. The first-order valence-corrected chi connectivity index (χ1v) is 8.16. The van der Waals surface area contributed by atoms with Crippen molar-refractivity contribution in [3.63, 3.8) is 0 Å². The van der Waals surface area contributed by atoms with E-state index in [2.05, 4.69) is 47.2 Å². The Morgan fingerprint density at radius 1 is 1.37 bits per heavy atom. The zero-order valence-corrected chi connectivity index (χ0v) is 13.5. The van der Waals surface area contributed by atoms with Gasteiger partial charge in [-0.05, 0) is 36.8 Å². The Labute approximate surface area is 125 Å². The molecule has 0 bridgehead atoms. The van der Waals surface area contributed by atoms with Crippen molar-refractivity contribution in [3.05, 3.63) is 35.4 Å². The zero-order chi connectivity index (χ0) is 14.1. The van der Waals surface area contributed by atoms with Crippen LogP contribution in [0.1, 0.15) is 37.3 Å². The summed E-state index contributed by atoms with van der Waals surface area (Å²) >= 11 is 3.45. The molecule has 0 saturated carbocycles. The van der Waals surface area contributed by atoms with Gasteiger partial charge in [-0.25, -0.2) is 0 Å². The second kappa shape index (κ2) is 9.13. The molecule has 1 atom stereocenters. The summed E-state index contributed by atoms with van der Waals surface area (Å²) in [5, 5.41) is 4.05. The van der Waals surface area contributed by atoms with Gasteiger partial charge < -0.3 is 5.32 Å². The Hall–Kier alpha value is -0.830. The van der Waals surface area contributed by atoms with Crippen LogP contribution in [0, 0.1) is 12.8 Å². The monoisotopic (exact) mass is 325 g/mol. The van der Waals surface area contributed by atoms with Gasteiger partial charge in [0.1, 0.15) is 0 Å². The second-order valence-corrected chi connectivity index (χ2v) is 5.78. The van der Waals surface area contributed by atoms with Crippen LogP contribution in [-0.4, -0.2) is 17.8 Å². The Morgan fingerprint density at radius 3 is 2.74 bits per heavy atom. The first kappa shape index (κ1) is 16.2. The summed E-state index contributed by atoms with van der Waals surface area (Å²) in [6, 6.07) is 8.26. The average molecular weight is 326 g/mol. The third-order valence-corrected chi connectivity index (χ3v) is 4.02. The van der Waals surface area contributed by atoms with Crippen LogP contribution in [0.3, 0.4) is 0 Å². The second-order valence-electron chi connectivity index (χ2n) is 4.98. The predicted molar refractivity (Wildman–Crippen MR) is 84.7 cm³/mol. The summed E-state index contributed by atoms with van der Waals surface area (Å²) in [7, 11) is 0. The molecule has 0 spiro atoms. The maximum atomic E-state index is 11.8. The maximum absolute atomic E-state index is 11.8. The van der Waals surface area contributed by atoms with Gasteiger partial charge in [0.2, 0.25) is 5.91 Å². The number of hydrogen-bond acceptors (Lipinski definition) is 1. The highest BCUT2D eigenvalue weighted by Gasteiger charge is 2.08. The van der Waals surface area contributed by atoms with Crippen molar-refractivity contribution >= 4 is 21.8 Å². The van der Waals surface area contributed by atoms with Crippen molar-refractivity contribution in [2.75, 3.05) is 11.9 Å². The van der Waals surface area contributed by atoms with E-state index >= 15 is 0 Å². The maximum Gasteiger partial charge on any atom is 0.220 e. The molecule has 106 valence electrons. The summed E-state index contributed by atoms with van der Waals surface area (Å²) < 4.78 is 0. The fraction of sp³-hybridized carbons (Fsp3) is 0.562. The van der Waals surface area contributed by atoms with Crippen LogP contribution in [0.2, 0.25) is 0 Å². The number of alkyl halides is 1. The van der Waals surface area contributed by atoms with Gasteiger partial charge in [0.15, 0.2) is 0 Å². The van der Waals surface area contributed by atoms with Gasteiger partial charge in [0.25, 0.3) is 0 Å². The van der Waals surface area contributed by atoms with Crippen molar-refractivity contribution in [1.29, 1.82) is 0 Å². The molecule has 0 radical (unpaired) electrons. The third kappa shape index (κ3) is 6.24. The molecule has 1 unspecified atom stereocenters. The van der Waals surface area contributed by atoms with Gasteiger partial charge >= 0.3 is 0 Å². The molecule has 0 aromatic heterocycles. The molecular formula is C16H24BrNO. The van der Waals surface area contributed by atoms with E-state index in [9.17, 15) is 4.79 Å². The largest absolute Gasteiger partial charge is 0.356 e. The first-order chi connectivity index (χ1) is 9.17. The number of carbonyl (C=O) groups is 1. The Morgan fingerprint density at radius 2 is 2.11 bits per heavy atom. The molecule has 1 aromatic rings. The highest BCUT2D eigenvalue weighted by molar-refractivity contribution is 9.09. The van der Waals surface area contributed by atoms with Crippen molar-refractivity contribution in [2.24, 2.45) is 5.92 Å². The van der Waals surface area contributed by atoms with Gasteiger partial charge in [-0.1, -0.05) is 53.5 Å². The number of halogens is 1. The van der Waals surface area contributed by atoms with Crippen molar-refractivity contribution in [2.45, 2.75) is 39.5 Å². The van der Waals surface area contributed by atoms with Gasteiger partial charge in [-0.2, -0.15) is 0 Å². The van der Waals surface area contributed by atoms with Crippen LogP contribution in [0.5, 0.6) is 0 Å². The van der Waals surface area contributed by atoms with E-state index in [1.165, 1.54) is 11.1 Å². The molecule has 19 heavy (non-hydrogen) atoms. The summed E-state index contributed by atoms with van der Waals surface area (Å²) in [6.07, 6.45) is 3.64. The Kier molecular flexibility index (Phi) is 7.80. The van der Waals surface area contributed by atoms with Crippen molar-refractivity contribution in [3.8, 4) is 0 Å². The van der Waals surface area contributed by atoms with Crippen LogP contribution in [0.25, 0.3) is 0 Å². The van der Waals surface area contributed by atoms with Gasteiger partial charge in [-0.3, -0.25) is 4.79 Å². The quantitative estimate of drug-likeness (QED) is 0.722. The summed E-state index contributed by atoms with van der Waals surface area (Å²) in [5.74, 6) is 0.748. The highest BCUT2D eigenvalue weighted by Crippen LogP contribution is 2.10. The van der Waals surface area contributed by atoms with E-state index in [4.69, 9.17) is 0 Å². The lowest BCUT2D eigenvalue weighted by Gasteiger charge is -2.14. The Bertz CT molecular complexity index is 392. The van der Waals surface area contributed by atoms with Crippen LogP contribution in [-0.2, 0) is 11.2 Å². The molecule has 0 fully saturated rings. The predicted octanol–water partition coefficient (Wildman–Crippen LogP) is 3.86. The SMILES string of the molecule is CCC(CCBr)CNC(=O)CCc1ccccc1C. The van der Waals surface area contributed by atoms with Crippen LogP contribution in [0.15, 0.2) is 24.3 Å². The number of carbonyl (C=O) groups excluding carboxylic acids is 1. The first-order valence-electron chi connectivity index (χ1n) is 7.04. The number of nitrogens with one attached hydrogen (secondary N) is 1. The molecular weight excluding hydrogens is 302 g/mol. The van der Waals surface area contributed by atoms with Crippen LogP contribution < -0.4 is 5.32 Å². The van der Waals surface area contributed by atoms with E-state index in [-0.39, 0.29) is 5.91 Å². The minimum atomic E-state index is 0.163. The molecule has 1 amide bonds. The lowest BCUT2D eigenvalue weighted by molar-refractivity contribution is -0.121. The van der Waals surface area contributed by atoms with E-state index < -0.39 is 0 Å². The number of benzene rings is 1. The van der Waals surface area contributed by atoms with E-state index in [1.807, 2.05) is 12.1 Å². The fourth-order valence-corrected chi connectivity index (χ4v) is 2.74. The van der Waals surface area contributed by atoms with Crippen LogP contribution in [0.4, 0.5) is 0 Å². The topological polar surface area (TPSA) is 29.1 Å². The molecule has 1 N–H and O–H groups in total. The fourth-order valence-electron chi connectivity index (χ4n) is 2.09. The van der Waals surface area contributed by atoms with Crippen LogP contribution >= 0.6 is 15.9 Å². The Balaban J connectivity index is 2.30. The zero-order valence-electron chi connectivity index (χ0n) is 11.9. The summed E-state index contributed by atoms with van der Waals surface area (Å²) in [4.78, 5) is 11.8. The standard InChI is InChI=1S/C16H24BrNO/c1-3-14(10-11-17)12-18-16(19)9-8-15-7-5-4-6-13(15)2/h4-7,14H,3,8-12H2,1-2H3,(H,18,19). The van der Waals surface area contributed by atoms with Gasteiger partial charge in [0, 0.05) is 18.3 Å². The lowest BCUT2D eigenvalue weighted by atomic mass is 10.0. The molecule has 0 aliphatic heterocycles. The molecule has 3 heteroatoms. The number of amides is 1. The smallest absolute Gasteiger partial charge is 0.220 e. The molecule has 0 heterocycles. The summed E-state index contributed by atoms with van der Waals surface area (Å²) in [6.45, 7) is 5.07. The van der Waals surface area contributed by atoms with Gasteiger partial charge in [0.05, 0.1) is 0 Å². The van der Waals surface area contributed by atoms with E-state index in [0.29, 0.717) is 12.3 Å². The van der Waals surface area contributed by atoms with Crippen molar-refractivity contribution in [1.82, 2.24) is 5.32 Å². The number of hydrogen-bond donors (Lipinski definition) is 1. The molecule has 0 saturated heterocycles. The minimum Gasteiger partial charge on any atom is -0.356 e. The van der Waals surface area contributed by atoms with E-state index in [1.54, 1.807) is 0 Å². The normalized spacial score (nSPS) is 12.2. The van der Waals surface area contributed by atoms with Gasteiger partial charge in [-0.15, -0.1) is 0 Å². The lowest BCUT2D eigenvalue weighted by Crippen LogP contribution is -2.29. The molecule has 2 nitrogen and oxygen atoms in total. The number of aryl methyl sites for hydroxylation is 2. The number of rotatable bonds is 8. The molecule has 1 rings (SSSR count). The molecule has 0 aliphatic carbocycles. The molecule has 1 aromatic carbocycles. The average Bonchev–Trinajstić information content (AvgIpc) is 2.42. The summed E-state index contributed by atoms with van der Waals surface area (Å²) in [5.41, 5.74) is 2.53. The molecule has 0 aliphatic rings. The van der Waals surface area contributed by atoms with Crippen molar-refractivity contribution < 1.29 is 4.79 Å². The third-order valence-electron chi connectivity index (χ3n) is 3.57. The minimum absolute atomic E-state index is 0.163.